The molecule has 0 aliphatic carbocycles. The van der Waals surface area contributed by atoms with Gasteiger partial charge in [0, 0.05) is 39.6 Å². The Balaban J connectivity index is 0.000000878. The quantitative estimate of drug-likeness (QED) is 0.419. The molecule has 6 nitrogen and oxygen atoms in total. The van der Waals surface area contributed by atoms with Crippen molar-refractivity contribution in [3.8, 4) is 11.1 Å². The van der Waals surface area contributed by atoms with E-state index >= 15 is 0 Å². The number of nitro groups is 1. The van der Waals surface area contributed by atoms with E-state index in [9.17, 15) is 18.9 Å². The Morgan fingerprint density at radius 1 is 1.14 bits per heavy atom. The number of nitro benzene ring substituents is 1. The Hall–Kier alpha value is -3.16. The summed E-state index contributed by atoms with van der Waals surface area (Å²) in [5, 5.41) is 11.2. The summed E-state index contributed by atoms with van der Waals surface area (Å²) in [5.41, 5.74) is 2.24. The van der Waals surface area contributed by atoms with Crippen molar-refractivity contribution in [1.82, 2.24) is 4.57 Å². The van der Waals surface area contributed by atoms with Gasteiger partial charge in [-0.15, -0.1) is 0 Å². The molecule has 0 atom stereocenters. The molecule has 0 N–H and O–H groups in total. The van der Waals surface area contributed by atoms with Gasteiger partial charge >= 0.3 is 6.15 Å². The van der Waals surface area contributed by atoms with Gasteiger partial charge in [-0.25, -0.2) is 8.78 Å². The summed E-state index contributed by atoms with van der Waals surface area (Å²) in [6.45, 7) is 2.10. The first-order valence-corrected chi connectivity index (χ1v) is 8.60. The molecule has 0 bridgehead atoms. The van der Waals surface area contributed by atoms with Crippen molar-refractivity contribution >= 4 is 27.8 Å². The van der Waals surface area contributed by atoms with E-state index in [2.05, 4.69) is 15.9 Å². The third-order valence-electron chi connectivity index (χ3n) is 3.93. The van der Waals surface area contributed by atoms with Gasteiger partial charge in [-0.3, -0.25) is 10.1 Å². The molecule has 0 amide bonds. The van der Waals surface area contributed by atoms with E-state index in [1.165, 1.54) is 18.2 Å². The summed E-state index contributed by atoms with van der Waals surface area (Å²) in [4.78, 5) is 27.0. The van der Waals surface area contributed by atoms with Gasteiger partial charge < -0.3 is 4.57 Å². The molecule has 1 aromatic heterocycles. The van der Waals surface area contributed by atoms with E-state index in [0.717, 1.165) is 16.2 Å². The second kappa shape index (κ2) is 9.16. The van der Waals surface area contributed by atoms with Crippen LogP contribution in [0.2, 0.25) is 0 Å². The number of carbonyl (C=O) groups excluding carboxylic acids is 2. The zero-order valence-corrected chi connectivity index (χ0v) is 16.1. The predicted octanol–water partition coefficient (Wildman–Crippen LogP) is 4.88. The molecule has 0 saturated carbocycles. The van der Waals surface area contributed by atoms with Crippen LogP contribution < -0.4 is 0 Å². The molecule has 9 heteroatoms. The van der Waals surface area contributed by atoms with Gasteiger partial charge in [-0.05, 0) is 37.3 Å². The Morgan fingerprint density at radius 3 is 2.43 bits per heavy atom. The number of rotatable bonds is 4. The van der Waals surface area contributed by atoms with Crippen molar-refractivity contribution in [2.45, 2.75) is 13.5 Å². The van der Waals surface area contributed by atoms with Crippen molar-refractivity contribution in [3.63, 3.8) is 0 Å². The summed E-state index contributed by atoms with van der Waals surface area (Å²) in [5.74, 6) is -1.28. The molecular formula is C19H13BrF2N2O4. The van der Waals surface area contributed by atoms with Crippen molar-refractivity contribution in [3.05, 3.63) is 86.1 Å². The number of aromatic nitrogens is 1. The molecule has 0 aliphatic rings. The Morgan fingerprint density at radius 2 is 1.82 bits per heavy atom. The van der Waals surface area contributed by atoms with E-state index in [4.69, 9.17) is 9.59 Å². The normalized spacial score (nSPS) is 10.0. The minimum Gasteiger partial charge on any atom is -0.346 e. The number of hydrogen-bond donors (Lipinski definition) is 0. The van der Waals surface area contributed by atoms with Crippen LogP contribution in [-0.4, -0.2) is 15.6 Å². The fourth-order valence-corrected chi connectivity index (χ4v) is 3.11. The van der Waals surface area contributed by atoms with Crippen molar-refractivity contribution in [2.24, 2.45) is 0 Å². The number of halogens is 3. The molecule has 3 rings (SSSR count). The maximum atomic E-state index is 14.0. The van der Waals surface area contributed by atoms with E-state index in [1.54, 1.807) is 29.0 Å². The number of hydrogen-bond acceptors (Lipinski definition) is 4. The number of benzene rings is 2. The molecule has 144 valence electrons. The highest BCUT2D eigenvalue weighted by Crippen LogP contribution is 2.28. The van der Waals surface area contributed by atoms with Crippen molar-refractivity contribution < 1.29 is 23.3 Å². The molecule has 0 fully saturated rings. The van der Waals surface area contributed by atoms with E-state index < -0.39 is 16.6 Å². The molecule has 0 unspecified atom stereocenters. The van der Waals surface area contributed by atoms with Gasteiger partial charge in [0.25, 0.3) is 5.69 Å². The third-order valence-corrected chi connectivity index (χ3v) is 4.43. The third kappa shape index (κ3) is 4.97. The molecule has 0 radical (unpaired) electrons. The first kappa shape index (κ1) is 21.1. The zero-order chi connectivity index (χ0) is 20.8. The molecule has 1 heterocycles. The standard InChI is InChI=1S/C18H13BrF2N2O2.CO2/c1-11-6-12(16-4-3-15(20)8-17(16)21)9-22(11)10-13-7-14(19)2-5-18(13)23(24)25;2-1-3/h2-9H,10H2,1H3;. The summed E-state index contributed by atoms with van der Waals surface area (Å²) < 4.78 is 29.6. The first-order chi connectivity index (χ1) is 13.3. The van der Waals surface area contributed by atoms with E-state index in [0.29, 0.717) is 11.1 Å². The molecule has 0 aliphatic heterocycles. The number of aryl methyl sites for hydroxylation is 1. The second-order valence-corrected chi connectivity index (χ2v) is 6.65. The van der Waals surface area contributed by atoms with Crippen molar-refractivity contribution in [1.29, 1.82) is 0 Å². The van der Waals surface area contributed by atoms with Crippen molar-refractivity contribution in [2.75, 3.05) is 0 Å². The Labute approximate surface area is 166 Å². The molecule has 0 spiro atoms. The van der Waals surface area contributed by atoms with Gasteiger partial charge in [-0.2, -0.15) is 9.59 Å². The van der Waals surface area contributed by atoms with Crippen LogP contribution >= 0.6 is 15.9 Å². The lowest BCUT2D eigenvalue weighted by Crippen LogP contribution is -2.03. The maximum absolute atomic E-state index is 14.0. The first-order valence-electron chi connectivity index (χ1n) is 7.81. The van der Waals surface area contributed by atoms with Crippen LogP contribution in [0.15, 0.2) is 53.1 Å². The average Bonchev–Trinajstić information content (AvgIpc) is 2.95. The van der Waals surface area contributed by atoms with Gasteiger partial charge in [-0.1, -0.05) is 15.9 Å². The lowest BCUT2D eigenvalue weighted by molar-refractivity contribution is -0.385. The van der Waals surface area contributed by atoms with E-state index in [1.807, 2.05) is 6.92 Å². The highest BCUT2D eigenvalue weighted by atomic mass is 79.9. The van der Waals surface area contributed by atoms with Crippen LogP contribution in [0, 0.1) is 28.7 Å². The van der Waals surface area contributed by atoms with Gasteiger partial charge in [0.2, 0.25) is 0 Å². The summed E-state index contributed by atoms with van der Waals surface area (Å²) in [7, 11) is 0. The van der Waals surface area contributed by atoms with E-state index in [-0.39, 0.29) is 23.9 Å². The second-order valence-electron chi connectivity index (χ2n) is 5.74. The monoisotopic (exact) mass is 450 g/mol. The molecule has 28 heavy (non-hydrogen) atoms. The van der Waals surface area contributed by atoms with Gasteiger partial charge in [0.15, 0.2) is 0 Å². The predicted molar refractivity (Wildman–Crippen MR) is 99.4 cm³/mol. The maximum Gasteiger partial charge on any atom is 0.373 e. The summed E-state index contributed by atoms with van der Waals surface area (Å²) in [6, 6.07) is 9.93. The molecule has 2 aromatic carbocycles. The molecule has 3 aromatic rings. The van der Waals surface area contributed by atoms with Crippen LogP contribution in [0.1, 0.15) is 11.3 Å². The topological polar surface area (TPSA) is 82.2 Å². The Kier molecular flexibility index (Phi) is 6.92. The fraction of sp³-hybridized carbons (Fsp3) is 0.105. The highest BCUT2D eigenvalue weighted by molar-refractivity contribution is 9.10. The van der Waals surface area contributed by atoms with Crippen LogP contribution in [0.3, 0.4) is 0 Å². The summed E-state index contributed by atoms with van der Waals surface area (Å²) >= 11 is 3.32. The number of nitrogens with zero attached hydrogens (tertiary/aromatic N) is 2. The highest BCUT2D eigenvalue weighted by Gasteiger charge is 2.16. The minimum atomic E-state index is -0.648. The zero-order valence-electron chi connectivity index (χ0n) is 14.5. The minimum absolute atomic E-state index is 0.0193. The average molecular weight is 451 g/mol. The smallest absolute Gasteiger partial charge is 0.346 e. The summed E-state index contributed by atoms with van der Waals surface area (Å²) in [6.07, 6.45) is 1.95. The van der Waals surface area contributed by atoms with Gasteiger partial charge in [0.05, 0.1) is 17.0 Å². The van der Waals surface area contributed by atoms with Crippen LogP contribution in [0.25, 0.3) is 11.1 Å². The van der Waals surface area contributed by atoms with Gasteiger partial charge in [0.1, 0.15) is 11.6 Å². The largest absolute Gasteiger partial charge is 0.373 e. The lowest BCUT2D eigenvalue weighted by Gasteiger charge is -2.07. The van der Waals surface area contributed by atoms with Crippen LogP contribution in [0.5, 0.6) is 0 Å². The molecular weight excluding hydrogens is 438 g/mol. The lowest BCUT2D eigenvalue weighted by atomic mass is 10.1. The molecule has 0 saturated heterocycles. The van der Waals surface area contributed by atoms with Crippen LogP contribution in [-0.2, 0) is 16.1 Å². The fourth-order valence-electron chi connectivity index (χ4n) is 2.70. The van der Waals surface area contributed by atoms with Crippen LogP contribution in [0.4, 0.5) is 14.5 Å². The Bertz CT molecular complexity index is 1060. The SMILES string of the molecule is Cc1cc(-c2ccc(F)cc2F)cn1Cc1cc(Br)ccc1[N+](=O)[O-].O=C=O.